The van der Waals surface area contributed by atoms with E-state index in [9.17, 15) is 0 Å². The third-order valence-electron chi connectivity index (χ3n) is 15.5. The number of hydrogen-bond acceptors (Lipinski definition) is 1. The monoisotopic (exact) mass is 880 g/mol. The molecule has 9 aromatic carbocycles. The molecule has 0 saturated heterocycles. The molecule has 2 heteroatoms. The molecule has 0 aliphatic heterocycles. The number of aromatic nitrogens is 1. The summed E-state index contributed by atoms with van der Waals surface area (Å²) in [5.74, 6) is 0.395. The van der Waals surface area contributed by atoms with Crippen LogP contribution in [0.3, 0.4) is 0 Å². The van der Waals surface area contributed by atoms with Crippen LogP contribution < -0.4 is 4.90 Å². The van der Waals surface area contributed by atoms with E-state index in [0.717, 1.165) is 24.2 Å². The van der Waals surface area contributed by atoms with Gasteiger partial charge in [-0.2, -0.15) is 0 Å². The summed E-state index contributed by atoms with van der Waals surface area (Å²) < 4.78 is 2.47. The molecule has 0 saturated carbocycles. The van der Waals surface area contributed by atoms with Crippen molar-refractivity contribution in [2.45, 2.75) is 24.2 Å². The molecule has 2 nitrogen and oxygen atoms in total. The van der Waals surface area contributed by atoms with Crippen LogP contribution in [0.2, 0.25) is 0 Å². The first kappa shape index (κ1) is 39.7. The van der Waals surface area contributed by atoms with Crippen LogP contribution in [-0.2, 0) is 11.8 Å². The zero-order chi connectivity index (χ0) is 45.5. The van der Waals surface area contributed by atoms with Gasteiger partial charge in [0, 0.05) is 51.2 Å². The standard InChI is InChI=1S/C67H48N2/c1-3-17-45(18-4-1)46-33-36-52(37-34-46)68(54-38-39-58-57-27-9-13-31-63(57)67(64(58)44-54)61-29-11-7-25-55(61)56-26-8-12-30-62(56)67)53-24-16-21-49(42-53)47-19-15-20-48(41-47)50-35-40-66-60(43-50)59-28-10-14-32-65(59)69(66)51-22-5-2-6-23-51/h1-13,15-31,33-44,58,64H,14,32H2. The fraction of sp³-hybridized carbons (Fsp3) is 0.0746. The highest BCUT2D eigenvalue weighted by Gasteiger charge is 2.57. The first-order valence-electron chi connectivity index (χ1n) is 24.5. The Hall–Kier alpha value is -8.46. The maximum Gasteiger partial charge on any atom is 0.0538 e. The summed E-state index contributed by atoms with van der Waals surface area (Å²) >= 11 is 0. The molecule has 14 rings (SSSR count). The summed E-state index contributed by atoms with van der Waals surface area (Å²) in [4.78, 5) is 2.49. The van der Waals surface area contributed by atoms with Crippen LogP contribution in [0.15, 0.2) is 254 Å². The van der Waals surface area contributed by atoms with Gasteiger partial charge in [0.1, 0.15) is 0 Å². The van der Waals surface area contributed by atoms with Gasteiger partial charge >= 0.3 is 0 Å². The molecule has 2 atom stereocenters. The minimum absolute atomic E-state index is 0.161. The molecule has 10 aromatic rings. The third kappa shape index (κ3) is 6.12. The molecule has 1 spiro atoms. The second-order valence-corrected chi connectivity index (χ2v) is 19.1. The summed E-state index contributed by atoms with van der Waals surface area (Å²) in [5.41, 5.74) is 23.9. The van der Waals surface area contributed by atoms with Gasteiger partial charge in [0.25, 0.3) is 0 Å². The number of rotatable bonds is 7. The van der Waals surface area contributed by atoms with Gasteiger partial charge in [-0.1, -0.05) is 194 Å². The fourth-order valence-corrected chi connectivity index (χ4v) is 12.6. The number of hydrogen-bond donors (Lipinski definition) is 0. The summed E-state index contributed by atoms with van der Waals surface area (Å²) in [6.07, 6.45) is 14.2. The number of allylic oxidation sites excluding steroid dienone is 4. The van der Waals surface area contributed by atoms with Crippen LogP contribution in [0.25, 0.3) is 67.2 Å². The van der Waals surface area contributed by atoms with E-state index >= 15 is 0 Å². The summed E-state index contributed by atoms with van der Waals surface area (Å²) in [6.45, 7) is 0. The lowest BCUT2D eigenvalue weighted by Crippen LogP contribution is -2.34. The molecule has 69 heavy (non-hydrogen) atoms. The van der Waals surface area contributed by atoms with Crippen LogP contribution in [0.1, 0.15) is 45.8 Å². The molecule has 2 unspecified atom stereocenters. The van der Waals surface area contributed by atoms with E-state index < -0.39 is 0 Å². The van der Waals surface area contributed by atoms with Crippen molar-refractivity contribution in [2.75, 3.05) is 4.90 Å². The second-order valence-electron chi connectivity index (χ2n) is 19.1. The van der Waals surface area contributed by atoms with Crippen molar-refractivity contribution in [2.24, 2.45) is 5.92 Å². The highest BCUT2D eigenvalue weighted by atomic mass is 15.1. The van der Waals surface area contributed by atoms with Gasteiger partial charge in [0.05, 0.1) is 10.9 Å². The van der Waals surface area contributed by atoms with E-state index in [1.54, 1.807) is 0 Å². The average molecular weight is 881 g/mol. The van der Waals surface area contributed by atoms with Crippen molar-refractivity contribution in [1.29, 1.82) is 0 Å². The Balaban J connectivity index is 0.894. The first-order chi connectivity index (χ1) is 34.2. The van der Waals surface area contributed by atoms with Gasteiger partial charge in [-0.15, -0.1) is 0 Å². The van der Waals surface area contributed by atoms with Gasteiger partial charge in [-0.05, 0) is 140 Å². The molecular formula is C67H48N2. The first-order valence-corrected chi connectivity index (χ1v) is 24.5. The highest BCUT2D eigenvalue weighted by Crippen LogP contribution is 2.65. The van der Waals surface area contributed by atoms with Crippen molar-refractivity contribution >= 4 is 28.4 Å². The minimum atomic E-state index is -0.321. The zero-order valence-corrected chi connectivity index (χ0v) is 38.2. The number of para-hydroxylation sites is 1. The van der Waals surface area contributed by atoms with Crippen molar-refractivity contribution in [3.63, 3.8) is 0 Å². The SMILES string of the molecule is C1=Cc2c(n(-c3ccccc3)c3ccc(-c4cccc(-c5cccc(N(C6=CC7C(C=C6)c6ccccc6C76c7ccccc7-c7ccccc76)c6ccc(-c7ccccc7)cc6)c5)c4)cc23)CC1. The highest BCUT2D eigenvalue weighted by molar-refractivity contribution is 5.96. The molecule has 0 radical (unpaired) electrons. The van der Waals surface area contributed by atoms with E-state index in [1.807, 2.05) is 0 Å². The second kappa shape index (κ2) is 15.8. The molecule has 0 amide bonds. The summed E-state index contributed by atoms with van der Waals surface area (Å²) in [7, 11) is 0. The van der Waals surface area contributed by atoms with Crippen LogP contribution in [0.4, 0.5) is 11.4 Å². The Morgan fingerprint density at radius 3 is 1.81 bits per heavy atom. The lowest BCUT2D eigenvalue weighted by atomic mass is 9.65. The zero-order valence-electron chi connectivity index (χ0n) is 38.2. The molecule has 1 heterocycles. The van der Waals surface area contributed by atoms with Crippen molar-refractivity contribution < 1.29 is 0 Å². The van der Waals surface area contributed by atoms with Gasteiger partial charge in [-0.3, -0.25) is 0 Å². The van der Waals surface area contributed by atoms with E-state index in [1.165, 1.54) is 100 Å². The number of nitrogens with zero attached hydrogens (tertiary/aromatic N) is 2. The molecule has 0 fully saturated rings. The largest absolute Gasteiger partial charge is 0.313 e. The molecule has 0 bridgehead atoms. The summed E-state index contributed by atoms with van der Waals surface area (Å²) in [6, 6.07) is 83.5. The molecule has 326 valence electrons. The maximum absolute atomic E-state index is 2.61. The van der Waals surface area contributed by atoms with Crippen LogP contribution in [0, 0.1) is 5.92 Å². The van der Waals surface area contributed by atoms with Gasteiger partial charge < -0.3 is 9.47 Å². The third-order valence-corrected chi connectivity index (χ3v) is 15.5. The van der Waals surface area contributed by atoms with E-state index in [0.29, 0.717) is 0 Å². The normalized spacial score (nSPS) is 16.7. The average Bonchev–Trinajstić information content (AvgIpc) is 4.03. The summed E-state index contributed by atoms with van der Waals surface area (Å²) in [5, 5.41) is 1.30. The molecular weight excluding hydrogens is 833 g/mol. The maximum atomic E-state index is 2.61. The predicted molar refractivity (Wildman–Crippen MR) is 287 cm³/mol. The quantitative estimate of drug-likeness (QED) is 0.155. The molecule has 4 aliphatic rings. The Kier molecular flexibility index (Phi) is 9.10. The van der Waals surface area contributed by atoms with Gasteiger partial charge in [0.2, 0.25) is 0 Å². The van der Waals surface area contributed by atoms with Gasteiger partial charge in [0.15, 0.2) is 0 Å². The smallest absolute Gasteiger partial charge is 0.0538 e. The lowest BCUT2D eigenvalue weighted by Gasteiger charge is -2.38. The van der Waals surface area contributed by atoms with Gasteiger partial charge in [-0.25, -0.2) is 0 Å². The van der Waals surface area contributed by atoms with Crippen LogP contribution >= 0.6 is 0 Å². The van der Waals surface area contributed by atoms with E-state index in [4.69, 9.17) is 0 Å². The van der Waals surface area contributed by atoms with Crippen molar-refractivity contribution in [3.8, 4) is 50.2 Å². The van der Waals surface area contributed by atoms with Crippen LogP contribution in [0.5, 0.6) is 0 Å². The minimum Gasteiger partial charge on any atom is -0.313 e. The van der Waals surface area contributed by atoms with E-state index in [2.05, 4.69) is 264 Å². The molecule has 0 N–H and O–H groups in total. The van der Waals surface area contributed by atoms with Crippen molar-refractivity contribution in [3.05, 3.63) is 288 Å². The number of benzene rings is 9. The Morgan fingerprint density at radius 1 is 0.464 bits per heavy atom. The predicted octanol–water partition coefficient (Wildman–Crippen LogP) is 16.9. The Bertz CT molecular complexity index is 3690. The Morgan fingerprint density at radius 2 is 1.06 bits per heavy atom. The van der Waals surface area contributed by atoms with E-state index in [-0.39, 0.29) is 17.3 Å². The number of fused-ring (bicyclic) bond motifs is 13. The molecule has 1 aromatic heterocycles. The van der Waals surface area contributed by atoms with Crippen molar-refractivity contribution in [1.82, 2.24) is 4.57 Å². The molecule has 4 aliphatic carbocycles. The fourth-order valence-electron chi connectivity index (χ4n) is 12.6. The number of anilines is 2. The van der Waals surface area contributed by atoms with Crippen LogP contribution in [-0.4, -0.2) is 4.57 Å². The lowest BCUT2D eigenvalue weighted by molar-refractivity contribution is 0.462. The topological polar surface area (TPSA) is 8.17 Å². The Labute approximate surface area is 404 Å².